The Morgan fingerprint density at radius 1 is 1.03 bits per heavy atom. The van der Waals surface area contributed by atoms with Gasteiger partial charge in [-0.1, -0.05) is 42.1 Å². The second-order valence-corrected chi connectivity index (χ2v) is 8.75. The highest BCUT2D eigenvalue weighted by Crippen LogP contribution is 2.33. The van der Waals surface area contributed by atoms with E-state index in [1.807, 2.05) is 51.9 Å². The molecule has 5 rings (SSSR count). The number of carbonyl (C=O) groups excluding carboxylic acids is 1. The van der Waals surface area contributed by atoms with E-state index in [-0.39, 0.29) is 23.5 Å². The number of nitrogens with zero attached hydrogens (tertiary/aromatic N) is 5. The van der Waals surface area contributed by atoms with Crippen molar-refractivity contribution in [1.29, 1.82) is 0 Å². The van der Waals surface area contributed by atoms with Gasteiger partial charge in [0.2, 0.25) is 5.91 Å². The third-order valence-electron chi connectivity index (χ3n) is 5.72. The first-order chi connectivity index (χ1) is 16.2. The van der Waals surface area contributed by atoms with Gasteiger partial charge in [-0.05, 0) is 54.8 Å². The molecule has 1 fully saturated rings. The molecule has 33 heavy (non-hydrogen) atoms. The molecule has 166 valence electrons. The van der Waals surface area contributed by atoms with Gasteiger partial charge in [-0.25, -0.2) is 4.39 Å². The predicted molar refractivity (Wildman–Crippen MR) is 125 cm³/mol. The zero-order valence-corrected chi connectivity index (χ0v) is 18.7. The number of hydrogen-bond acceptors (Lipinski definition) is 5. The minimum Gasteiger partial charge on any atom is -0.335 e. The van der Waals surface area contributed by atoms with Crippen LogP contribution in [-0.2, 0) is 4.79 Å². The Morgan fingerprint density at radius 2 is 1.85 bits per heavy atom. The van der Waals surface area contributed by atoms with Crippen molar-refractivity contribution in [2.24, 2.45) is 0 Å². The normalized spacial score (nSPS) is 15.7. The summed E-state index contributed by atoms with van der Waals surface area (Å²) in [5.74, 6) is 0.692. The van der Waals surface area contributed by atoms with Crippen LogP contribution in [0, 0.1) is 5.82 Å². The van der Waals surface area contributed by atoms with Gasteiger partial charge in [0, 0.05) is 30.2 Å². The quantitative estimate of drug-likeness (QED) is 0.383. The van der Waals surface area contributed by atoms with Crippen molar-refractivity contribution in [1.82, 2.24) is 24.6 Å². The number of hydrogen-bond donors (Lipinski definition) is 0. The molecule has 1 atom stereocenters. The molecule has 8 heteroatoms. The second-order valence-electron chi connectivity index (χ2n) is 7.80. The monoisotopic (exact) mass is 459 g/mol. The summed E-state index contributed by atoms with van der Waals surface area (Å²) in [7, 11) is 0. The van der Waals surface area contributed by atoms with Crippen LogP contribution >= 0.6 is 11.8 Å². The molecule has 1 amide bonds. The van der Waals surface area contributed by atoms with Crippen molar-refractivity contribution in [3.63, 3.8) is 0 Å². The van der Waals surface area contributed by atoms with Crippen molar-refractivity contribution in [3.05, 3.63) is 90.5 Å². The van der Waals surface area contributed by atoms with Crippen molar-refractivity contribution in [2.75, 3.05) is 12.3 Å². The number of halogens is 1. The van der Waals surface area contributed by atoms with Crippen LogP contribution in [0.5, 0.6) is 0 Å². The second kappa shape index (κ2) is 9.54. The van der Waals surface area contributed by atoms with E-state index in [0.29, 0.717) is 17.5 Å². The average Bonchev–Trinajstić information content (AvgIpc) is 3.52. The largest absolute Gasteiger partial charge is 0.335 e. The SMILES string of the molecule is O=C(CSc1nnc(-c2cccnc2)n1-c1ccccc1)N1CCCC1c1ccc(F)cc1. The number of pyridine rings is 1. The van der Waals surface area contributed by atoms with Gasteiger partial charge in [-0.2, -0.15) is 0 Å². The number of carbonyl (C=O) groups is 1. The molecule has 1 aliphatic heterocycles. The molecule has 0 radical (unpaired) electrons. The summed E-state index contributed by atoms with van der Waals surface area (Å²) in [5.41, 5.74) is 2.74. The number of para-hydroxylation sites is 1. The van der Waals surface area contributed by atoms with E-state index in [4.69, 9.17) is 0 Å². The van der Waals surface area contributed by atoms with Gasteiger partial charge in [0.1, 0.15) is 5.82 Å². The minimum absolute atomic E-state index is 0.0170. The molecule has 0 spiro atoms. The van der Waals surface area contributed by atoms with Gasteiger partial charge in [-0.3, -0.25) is 14.3 Å². The number of benzene rings is 2. The lowest BCUT2D eigenvalue weighted by Crippen LogP contribution is -2.32. The molecule has 1 unspecified atom stereocenters. The summed E-state index contributed by atoms with van der Waals surface area (Å²) in [6.07, 6.45) is 5.28. The number of thioether (sulfide) groups is 1. The first kappa shape index (κ1) is 21.3. The number of aromatic nitrogens is 4. The van der Waals surface area contributed by atoms with Crippen molar-refractivity contribution >= 4 is 17.7 Å². The number of amides is 1. The Hall–Kier alpha value is -3.52. The van der Waals surface area contributed by atoms with Gasteiger partial charge in [-0.15, -0.1) is 10.2 Å². The first-order valence-electron chi connectivity index (χ1n) is 10.8. The minimum atomic E-state index is -0.269. The average molecular weight is 460 g/mol. The maximum absolute atomic E-state index is 13.3. The zero-order valence-electron chi connectivity index (χ0n) is 17.8. The summed E-state index contributed by atoms with van der Waals surface area (Å²) >= 11 is 1.37. The summed E-state index contributed by atoms with van der Waals surface area (Å²) in [6, 6.07) is 20.1. The maximum atomic E-state index is 13.3. The van der Waals surface area contributed by atoms with Crippen molar-refractivity contribution in [2.45, 2.75) is 24.0 Å². The Morgan fingerprint density at radius 3 is 2.61 bits per heavy atom. The summed E-state index contributed by atoms with van der Waals surface area (Å²) in [5, 5.41) is 9.44. The highest BCUT2D eigenvalue weighted by molar-refractivity contribution is 7.99. The lowest BCUT2D eigenvalue weighted by Gasteiger charge is -2.25. The zero-order chi connectivity index (χ0) is 22.6. The van der Waals surface area contributed by atoms with Crippen LogP contribution in [-0.4, -0.2) is 42.9 Å². The Labute approximate surface area is 195 Å². The lowest BCUT2D eigenvalue weighted by atomic mass is 10.0. The molecule has 0 bridgehead atoms. The van der Waals surface area contributed by atoms with Crippen LogP contribution in [0.15, 0.2) is 84.3 Å². The summed E-state index contributed by atoms with van der Waals surface area (Å²) < 4.78 is 15.3. The molecule has 1 saturated heterocycles. The fourth-order valence-corrected chi connectivity index (χ4v) is 5.00. The van der Waals surface area contributed by atoms with Crippen LogP contribution in [0.1, 0.15) is 24.4 Å². The molecule has 2 aromatic heterocycles. The first-order valence-corrected chi connectivity index (χ1v) is 11.8. The van der Waals surface area contributed by atoms with Crippen LogP contribution in [0.3, 0.4) is 0 Å². The van der Waals surface area contributed by atoms with Crippen molar-refractivity contribution in [3.8, 4) is 17.1 Å². The maximum Gasteiger partial charge on any atom is 0.233 e. The standard InChI is InChI=1S/C25H22FN5OS/c26-20-12-10-18(11-13-20)22-9-5-15-30(22)23(32)17-33-25-29-28-24(19-6-4-14-27-16-19)31(25)21-7-2-1-3-8-21/h1-4,6-8,10-14,16,22H,5,9,15,17H2. The van der Waals surface area contributed by atoms with Gasteiger partial charge < -0.3 is 4.90 Å². The highest BCUT2D eigenvalue weighted by Gasteiger charge is 2.30. The van der Waals surface area contributed by atoms with Crippen molar-refractivity contribution < 1.29 is 9.18 Å². The van der Waals surface area contributed by atoms with E-state index in [0.717, 1.165) is 29.7 Å². The lowest BCUT2D eigenvalue weighted by molar-refractivity contribution is -0.129. The Bertz CT molecular complexity index is 1230. The Balaban J connectivity index is 1.38. The van der Waals surface area contributed by atoms with E-state index in [1.54, 1.807) is 24.5 Å². The molecule has 6 nitrogen and oxygen atoms in total. The van der Waals surface area contributed by atoms with E-state index in [2.05, 4.69) is 15.2 Å². The van der Waals surface area contributed by atoms with Crippen LogP contribution in [0.2, 0.25) is 0 Å². The molecule has 2 aromatic carbocycles. The molecule has 3 heterocycles. The topological polar surface area (TPSA) is 63.9 Å². The van der Waals surface area contributed by atoms with E-state index < -0.39 is 0 Å². The van der Waals surface area contributed by atoms with Gasteiger partial charge in [0.25, 0.3) is 0 Å². The van der Waals surface area contributed by atoms with E-state index >= 15 is 0 Å². The molecule has 0 N–H and O–H groups in total. The summed E-state index contributed by atoms with van der Waals surface area (Å²) in [4.78, 5) is 19.3. The Kier molecular flexibility index (Phi) is 6.17. The molecule has 0 saturated carbocycles. The predicted octanol–water partition coefficient (Wildman–Crippen LogP) is 4.92. The van der Waals surface area contributed by atoms with Gasteiger partial charge in [0.05, 0.1) is 11.8 Å². The third-order valence-corrected chi connectivity index (χ3v) is 6.63. The van der Waals surface area contributed by atoms with E-state index in [9.17, 15) is 9.18 Å². The molecular formula is C25H22FN5OS. The molecule has 1 aliphatic rings. The fourth-order valence-electron chi connectivity index (χ4n) is 4.16. The molecular weight excluding hydrogens is 437 g/mol. The van der Waals surface area contributed by atoms with Crippen LogP contribution in [0.4, 0.5) is 4.39 Å². The van der Waals surface area contributed by atoms with Gasteiger partial charge in [0.15, 0.2) is 11.0 Å². The molecule has 4 aromatic rings. The third kappa shape index (κ3) is 4.52. The summed E-state index contributed by atoms with van der Waals surface area (Å²) in [6.45, 7) is 0.702. The van der Waals surface area contributed by atoms with Crippen LogP contribution in [0.25, 0.3) is 17.1 Å². The smallest absolute Gasteiger partial charge is 0.233 e. The van der Waals surface area contributed by atoms with Crippen LogP contribution < -0.4 is 0 Å². The fraction of sp³-hybridized carbons (Fsp3) is 0.200. The number of likely N-dealkylation sites (tertiary alicyclic amines) is 1. The molecule has 0 aliphatic carbocycles. The van der Waals surface area contributed by atoms with E-state index in [1.165, 1.54) is 23.9 Å². The van der Waals surface area contributed by atoms with Gasteiger partial charge >= 0.3 is 0 Å². The number of rotatable bonds is 6. The highest BCUT2D eigenvalue weighted by atomic mass is 32.2.